The summed E-state index contributed by atoms with van der Waals surface area (Å²) in [7, 11) is 0. The van der Waals surface area contributed by atoms with Gasteiger partial charge < -0.3 is 15.6 Å². The molecule has 0 amide bonds. The average Bonchev–Trinajstić information content (AvgIpc) is 2.77. The molecule has 3 N–H and O–H groups in total. The van der Waals surface area contributed by atoms with Crippen molar-refractivity contribution < 1.29 is 14.6 Å². The molecule has 0 saturated carbocycles. The van der Waals surface area contributed by atoms with E-state index in [-0.39, 0.29) is 6.10 Å². The van der Waals surface area contributed by atoms with Gasteiger partial charge in [-0.1, -0.05) is 11.8 Å². The molecule has 0 spiro atoms. The summed E-state index contributed by atoms with van der Waals surface area (Å²) in [4.78, 5) is 18.7. The Labute approximate surface area is 103 Å². The number of aromatic nitrogens is 2. The highest BCUT2D eigenvalue weighted by Gasteiger charge is 2.30. The van der Waals surface area contributed by atoms with Crippen molar-refractivity contribution in [2.45, 2.75) is 30.1 Å². The van der Waals surface area contributed by atoms with Crippen LogP contribution in [-0.4, -0.2) is 39.0 Å². The largest absolute Gasteiger partial charge is 0.479 e. The van der Waals surface area contributed by atoms with Gasteiger partial charge in [-0.25, -0.2) is 14.8 Å². The molecule has 0 aliphatic carbocycles. The molecule has 1 aromatic heterocycles. The number of nitrogens with zero attached hydrogens (tertiary/aromatic N) is 2. The van der Waals surface area contributed by atoms with E-state index in [1.165, 1.54) is 18.0 Å². The number of aliphatic carboxylic acids is 1. The van der Waals surface area contributed by atoms with E-state index < -0.39 is 12.1 Å². The maximum atomic E-state index is 10.7. The van der Waals surface area contributed by atoms with Crippen LogP contribution < -0.4 is 5.73 Å². The maximum absolute atomic E-state index is 10.7. The summed E-state index contributed by atoms with van der Waals surface area (Å²) in [5, 5.41) is 9.45. The van der Waals surface area contributed by atoms with Crippen LogP contribution in [0.15, 0.2) is 17.4 Å². The lowest BCUT2D eigenvalue weighted by Gasteiger charge is -2.10. The molecule has 2 heterocycles. The summed E-state index contributed by atoms with van der Waals surface area (Å²) in [6.45, 7) is 0. The standard InChI is InChI=1S/C10H13N3O3S/c11-8-9(13-4-3-12-8)17-5-6-1-2-7(16-6)10(14)15/h3-4,6-7H,1-2,5H2,(H2,11,12)(H,14,15). The van der Waals surface area contributed by atoms with E-state index in [2.05, 4.69) is 9.97 Å². The molecule has 6 nitrogen and oxygen atoms in total. The van der Waals surface area contributed by atoms with Crippen molar-refractivity contribution in [3.05, 3.63) is 12.4 Å². The van der Waals surface area contributed by atoms with Crippen molar-refractivity contribution in [3.8, 4) is 0 Å². The molecule has 1 fully saturated rings. The van der Waals surface area contributed by atoms with Gasteiger partial charge in [-0.05, 0) is 12.8 Å². The van der Waals surface area contributed by atoms with Gasteiger partial charge in [0.05, 0.1) is 6.10 Å². The van der Waals surface area contributed by atoms with Crippen LogP contribution in [0.4, 0.5) is 5.82 Å². The number of hydrogen-bond acceptors (Lipinski definition) is 6. The third-order valence-corrected chi connectivity index (χ3v) is 3.61. The lowest BCUT2D eigenvalue weighted by atomic mass is 10.2. The fourth-order valence-corrected chi connectivity index (χ4v) is 2.55. The Hall–Kier alpha value is -1.34. The molecule has 0 aromatic carbocycles. The summed E-state index contributed by atoms with van der Waals surface area (Å²) in [5.41, 5.74) is 5.65. The number of nitrogen functional groups attached to an aromatic ring is 1. The lowest BCUT2D eigenvalue weighted by molar-refractivity contribution is -0.148. The highest BCUT2D eigenvalue weighted by Crippen LogP contribution is 2.27. The molecule has 2 rings (SSSR count). The van der Waals surface area contributed by atoms with Crippen LogP contribution in [0.5, 0.6) is 0 Å². The Kier molecular flexibility index (Phi) is 3.80. The molecule has 0 bridgehead atoms. The zero-order valence-electron chi connectivity index (χ0n) is 9.07. The first-order valence-electron chi connectivity index (χ1n) is 5.24. The van der Waals surface area contributed by atoms with Gasteiger partial charge in [-0.2, -0.15) is 0 Å². The SMILES string of the molecule is Nc1nccnc1SCC1CCC(C(=O)O)O1. The predicted molar refractivity (Wildman–Crippen MR) is 62.7 cm³/mol. The first kappa shape index (κ1) is 12.1. The summed E-state index contributed by atoms with van der Waals surface area (Å²) in [5.74, 6) is 0.147. The highest BCUT2D eigenvalue weighted by molar-refractivity contribution is 7.99. The molecule has 1 saturated heterocycles. The van der Waals surface area contributed by atoms with Crippen molar-refractivity contribution in [1.29, 1.82) is 0 Å². The molecule has 17 heavy (non-hydrogen) atoms. The van der Waals surface area contributed by atoms with E-state index >= 15 is 0 Å². The van der Waals surface area contributed by atoms with Gasteiger partial charge in [0.2, 0.25) is 0 Å². The van der Waals surface area contributed by atoms with Crippen LogP contribution in [0.3, 0.4) is 0 Å². The molecule has 92 valence electrons. The fraction of sp³-hybridized carbons (Fsp3) is 0.500. The van der Waals surface area contributed by atoms with Crippen molar-refractivity contribution in [1.82, 2.24) is 9.97 Å². The van der Waals surface area contributed by atoms with E-state index in [9.17, 15) is 4.79 Å². The quantitative estimate of drug-likeness (QED) is 0.767. The molecular formula is C10H13N3O3S. The van der Waals surface area contributed by atoms with Gasteiger partial charge in [0.15, 0.2) is 11.9 Å². The minimum Gasteiger partial charge on any atom is -0.479 e. The van der Waals surface area contributed by atoms with Crippen molar-refractivity contribution in [2.24, 2.45) is 0 Å². The van der Waals surface area contributed by atoms with E-state index in [0.29, 0.717) is 23.0 Å². The topological polar surface area (TPSA) is 98.3 Å². The minimum absolute atomic E-state index is 0.0532. The summed E-state index contributed by atoms with van der Waals surface area (Å²) < 4.78 is 5.38. The second-order valence-corrected chi connectivity index (χ2v) is 4.73. The number of ether oxygens (including phenoxy) is 1. The van der Waals surface area contributed by atoms with Crippen LogP contribution in [0.2, 0.25) is 0 Å². The Bertz CT molecular complexity index is 416. The third kappa shape index (κ3) is 3.07. The van der Waals surface area contributed by atoms with Crippen molar-refractivity contribution in [3.63, 3.8) is 0 Å². The first-order chi connectivity index (χ1) is 8.16. The lowest BCUT2D eigenvalue weighted by Crippen LogP contribution is -2.21. The molecule has 1 aromatic rings. The second kappa shape index (κ2) is 5.33. The number of hydrogen-bond donors (Lipinski definition) is 2. The predicted octanol–water partition coefficient (Wildman–Crippen LogP) is 0.783. The molecular weight excluding hydrogens is 242 g/mol. The van der Waals surface area contributed by atoms with Gasteiger partial charge in [0.25, 0.3) is 0 Å². The smallest absolute Gasteiger partial charge is 0.332 e. The molecule has 7 heteroatoms. The van der Waals surface area contributed by atoms with E-state index in [0.717, 1.165) is 6.42 Å². The normalized spacial score (nSPS) is 23.8. The number of carbonyl (C=O) groups is 1. The number of anilines is 1. The molecule has 1 aliphatic heterocycles. The third-order valence-electron chi connectivity index (χ3n) is 2.48. The Morgan fingerprint density at radius 1 is 1.53 bits per heavy atom. The van der Waals surface area contributed by atoms with Gasteiger partial charge in [0.1, 0.15) is 5.03 Å². The Morgan fingerprint density at radius 3 is 2.94 bits per heavy atom. The van der Waals surface area contributed by atoms with Gasteiger partial charge >= 0.3 is 5.97 Å². The van der Waals surface area contributed by atoms with Crippen LogP contribution in [-0.2, 0) is 9.53 Å². The first-order valence-corrected chi connectivity index (χ1v) is 6.23. The molecule has 2 atom stereocenters. The molecule has 1 aliphatic rings. The molecule has 2 unspecified atom stereocenters. The minimum atomic E-state index is -0.892. The monoisotopic (exact) mass is 255 g/mol. The van der Waals surface area contributed by atoms with Crippen molar-refractivity contribution in [2.75, 3.05) is 11.5 Å². The van der Waals surface area contributed by atoms with Gasteiger partial charge in [-0.3, -0.25) is 0 Å². The number of carboxylic acid groups (broad SMARTS) is 1. The number of rotatable bonds is 4. The Balaban J connectivity index is 1.84. The number of thioether (sulfide) groups is 1. The van der Waals surface area contributed by atoms with Crippen LogP contribution >= 0.6 is 11.8 Å². The Morgan fingerprint density at radius 2 is 2.29 bits per heavy atom. The zero-order valence-corrected chi connectivity index (χ0v) is 9.89. The van der Waals surface area contributed by atoms with Crippen LogP contribution in [0.1, 0.15) is 12.8 Å². The summed E-state index contributed by atoms with van der Waals surface area (Å²) in [6.07, 6.45) is 3.71. The molecule has 0 radical (unpaired) electrons. The summed E-state index contributed by atoms with van der Waals surface area (Å²) in [6, 6.07) is 0. The fourth-order valence-electron chi connectivity index (χ4n) is 1.63. The van der Waals surface area contributed by atoms with E-state index in [1.807, 2.05) is 0 Å². The number of carboxylic acids is 1. The van der Waals surface area contributed by atoms with Crippen LogP contribution in [0.25, 0.3) is 0 Å². The average molecular weight is 255 g/mol. The van der Waals surface area contributed by atoms with E-state index in [4.69, 9.17) is 15.6 Å². The summed E-state index contributed by atoms with van der Waals surface area (Å²) >= 11 is 1.44. The zero-order chi connectivity index (χ0) is 12.3. The second-order valence-electron chi connectivity index (χ2n) is 3.72. The maximum Gasteiger partial charge on any atom is 0.332 e. The van der Waals surface area contributed by atoms with Gasteiger partial charge in [0, 0.05) is 18.1 Å². The van der Waals surface area contributed by atoms with E-state index in [1.54, 1.807) is 6.20 Å². The van der Waals surface area contributed by atoms with Crippen molar-refractivity contribution >= 4 is 23.5 Å². The van der Waals surface area contributed by atoms with Crippen LogP contribution in [0, 0.1) is 0 Å². The number of nitrogens with two attached hydrogens (primary N) is 1. The van der Waals surface area contributed by atoms with Gasteiger partial charge in [-0.15, -0.1) is 0 Å². The highest BCUT2D eigenvalue weighted by atomic mass is 32.2.